The summed E-state index contributed by atoms with van der Waals surface area (Å²) in [6.07, 6.45) is -16.6. The van der Waals surface area contributed by atoms with E-state index in [-0.39, 0.29) is 4.90 Å². The highest BCUT2D eigenvalue weighted by molar-refractivity contribution is 6.39. The van der Waals surface area contributed by atoms with E-state index in [1.165, 1.54) is 0 Å². The number of carbonyl (C=O) groups excluding carboxylic acids is 4. The molecule has 16 heteroatoms. The molecule has 1 heterocycles. The largest absolute Gasteiger partial charge is 0.417 e. The van der Waals surface area contributed by atoms with Crippen molar-refractivity contribution in [2.24, 2.45) is 0 Å². The van der Waals surface area contributed by atoms with Crippen LogP contribution in [-0.4, -0.2) is 23.4 Å². The number of rotatable bonds is 3. The van der Waals surface area contributed by atoms with E-state index in [0.29, 0.717) is 43.3 Å². The summed E-state index contributed by atoms with van der Waals surface area (Å²) in [6, 6.07) is 4.50. The molecule has 5 nitrogen and oxygen atoms in total. The lowest BCUT2D eigenvalue weighted by Gasteiger charge is -2.19. The average Bonchev–Trinajstić information content (AvgIpc) is 3.29. The Balaban J connectivity index is 1.77. The number of Topliss-reactive ketones (excluding diaryl/α,β-unsaturated/α-hetero) is 2. The summed E-state index contributed by atoms with van der Waals surface area (Å²) in [7, 11) is 0. The van der Waals surface area contributed by atoms with Gasteiger partial charge in [0.25, 0.3) is 17.7 Å². The van der Waals surface area contributed by atoms with Gasteiger partial charge in [0.05, 0.1) is 33.5 Å². The molecule has 1 aliphatic carbocycles. The van der Waals surface area contributed by atoms with Crippen molar-refractivity contribution in [1.29, 1.82) is 0 Å². The van der Waals surface area contributed by atoms with E-state index in [2.05, 4.69) is 0 Å². The first-order valence-corrected chi connectivity index (χ1v) is 12.1. The van der Waals surface area contributed by atoms with Gasteiger partial charge in [0.2, 0.25) is 0 Å². The standard InChI is InChI=1S/C28H12F11NO4/c1-25(29,30)11-4-2-10(3-5-11)14-21(41)15-16(22(14)42)20(28(37,38)39)18-17(19(15)27(34,35)36)23(43)40(24(18)44)13-8-6-12(7-9-13)26(31,32)33/h2-9,14H,1H3. The molecule has 230 valence electrons. The predicted octanol–water partition coefficient (Wildman–Crippen LogP) is 7.82. The number of nitrogens with zero attached hydrogens (tertiary/aromatic N) is 1. The topological polar surface area (TPSA) is 71.5 Å². The number of ketones is 2. The van der Waals surface area contributed by atoms with Gasteiger partial charge in [0.15, 0.2) is 11.6 Å². The van der Waals surface area contributed by atoms with Gasteiger partial charge in [-0.25, -0.2) is 13.7 Å². The first kappa shape index (κ1) is 30.8. The van der Waals surface area contributed by atoms with Crippen LogP contribution in [0.15, 0.2) is 48.5 Å². The number of alkyl halides is 11. The van der Waals surface area contributed by atoms with E-state index < -0.39 is 110 Å². The second-order valence-corrected chi connectivity index (χ2v) is 9.91. The van der Waals surface area contributed by atoms with Gasteiger partial charge in [-0.2, -0.15) is 39.5 Å². The van der Waals surface area contributed by atoms with Crippen LogP contribution in [0, 0.1) is 0 Å². The fraction of sp³-hybridized carbons (Fsp3) is 0.214. The Morgan fingerprint density at radius 1 is 0.523 bits per heavy atom. The van der Waals surface area contributed by atoms with Gasteiger partial charge in [-0.1, -0.05) is 24.3 Å². The highest BCUT2D eigenvalue weighted by Crippen LogP contribution is 2.52. The Labute approximate surface area is 237 Å². The summed E-state index contributed by atoms with van der Waals surface area (Å²) >= 11 is 0. The predicted molar refractivity (Wildman–Crippen MR) is 126 cm³/mol. The van der Waals surface area contributed by atoms with Crippen LogP contribution in [0.4, 0.5) is 54.0 Å². The smallest absolute Gasteiger partial charge is 0.293 e. The maximum absolute atomic E-state index is 14.5. The summed E-state index contributed by atoms with van der Waals surface area (Å²) in [4.78, 5) is 53.0. The molecule has 2 amide bonds. The van der Waals surface area contributed by atoms with E-state index in [4.69, 9.17) is 0 Å². The molecule has 0 aromatic heterocycles. The van der Waals surface area contributed by atoms with Gasteiger partial charge in [-0.15, -0.1) is 0 Å². The minimum Gasteiger partial charge on any atom is -0.293 e. The van der Waals surface area contributed by atoms with Crippen LogP contribution in [0.25, 0.3) is 0 Å². The van der Waals surface area contributed by atoms with E-state index >= 15 is 0 Å². The van der Waals surface area contributed by atoms with Crippen LogP contribution in [0.5, 0.6) is 0 Å². The zero-order valence-corrected chi connectivity index (χ0v) is 21.4. The summed E-state index contributed by atoms with van der Waals surface area (Å²) in [5.41, 5.74) is -15.5. The van der Waals surface area contributed by atoms with Crippen LogP contribution in [-0.2, 0) is 24.5 Å². The molecule has 5 rings (SSSR count). The van der Waals surface area contributed by atoms with Crippen LogP contribution in [0.3, 0.4) is 0 Å². The molecular weight excluding hydrogens is 623 g/mol. The third-order valence-electron chi connectivity index (χ3n) is 7.12. The third kappa shape index (κ3) is 4.63. The molecule has 44 heavy (non-hydrogen) atoms. The highest BCUT2D eigenvalue weighted by atomic mass is 19.4. The minimum absolute atomic E-state index is 0.222. The van der Waals surface area contributed by atoms with E-state index in [1.54, 1.807) is 0 Å². The van der Waals surface area contributed by atoms with Crippen molar-refractivity contribution in [2.45, 2.75) is 37.3 Å². The SMILES string of the molecule is CC(F)(F)c1ccc(C2C(=O)c3c(c(C(F)(F)F)c4c(c3C(F)(F)F)C(=O)N(c3ccc(C(F)(F)F)cc3)C4=O)C2=O)cc1. The normalized spacial score (nSPS) is 16.2. The van der Waals surface area contributed by atoms with Crippen molar-refractivity contribution in [1.82, 2.24) is 0 Å². The zero-order valence-electron chi connectivity index (χ0n) is 21.4. The fourth-order valence-electron chi connectivity index (χ4n) is 5.27. The molecular formula is C28H12F11NO4. The number of imide groups is 1. The average molecular weight is 635 g/mol. The second-order valence-electron chi connectivity index (χ2n) is 9.91. The quantitative estimate of drug-likeness (QED) is 0.167. The summed E-state index contributed by atoms with van der Waals surface area (Å²) in [5.74, 6) is -13.6. The third-order valence-corrected chi connectivity index (χ3v) is 7.12. The molecule has 0 spiro atoms. The fourth-order valence-corrected chi connectivity index (χ4v) is 5.27. The molecule has 3 aromatic carbocycles. The van der Waals surface area contributed by atoms with Crippen LogP contribution < -0.4 is 4.90 Å². The molecule has 0 saturated heterocycles. The van der Waals surface area contributed by atoms with Gasteiger partial charge in [0, 0.05) is 23.6 Å². The Bertz CT molecular complexity index is 1570. The van der Waals surface area contributed by atoms with Gasteiger partial charge in [0.1, 0.15) is 5.92 Å². The van der Waals surface area contributed by atoms with E-state index in [0.717, 1.165) is 12.1 Å². The molecule has 0 fully saturated rings. The zero-order chi connectivity index (χ0) is 32.9. The molecule has 0 N–H and O–H groups in total. The minimum atomic E-state index is -5.82. The number of fused-ring (bicyclic) bond motifs is 2. The van der Waals surface area contributed by atoms with Gasteiger partial charge in [-0.3, -0.25) is 19.2 Å². The van der Waals surface area contributed by atoms with E-state index in [9.17, 15) is 67.5 Å². The number of benzene rings is 3. The molecule has 0 saturated carbocycles. The van der Waals surface area contributed by atoms with Crippen LogP contribution in [0.1, 0.15) is 82.1 Å². The maximum Gasteiger partial charge on any atom is 0.417 e. The lowest BCUT2D eigenvalue weighted by molar-refractivity contribution is -0.142. The van der Waals surface area contributed by atoms with Crippen molar-refractivity contribution < 1.29 is 67.5 Å². The summed E-state index contributed by atoms with van der Waals surface area (Å²) in [5, 5.41) is 0. The number of amides is 2. The molecule has 3 aromatic rings. The first-order valence-electron chi connectivity index (χ1n) is 12.1. The molecule has 0 unspecified atom stereocenters. The molecule has 1 aliphatic heterocycles. The van der Waals surface area contributed by atoms with Crippen molar-refractivity contribution in [2.75, 3.05) is 4.90 Å². The van der Waals surface area contributed by atoms with Crippen LogP contribution >= 0.6 is 0 Å². The Morgan fingerprint density at radius 2 is 0.909 bits per heavy atom. The molecule has 0 radical (unpaired) electrons. The summed E-state index contributed by atoms with van der Waals surface area (Å²) in [6.45, 7) is 0.485. The Hall–Kier alpha value is -4.63. The number of halogens is 11. The van der Waals surface area contributed by atoms with Gasteiger partial charge < -0.3 is 0 Å². The lowest BCUT2D eigenvalue weighted by Crippen LogP contribution is -2.30. The Kier molecular flexibility index (Phi) is 6.61. The van der Waals surface area contributed by atoms with E-state index in [1.807, 2.05) is 0 Å². The molecule has 0 bridgehead atoms. The number of hydrogen-bond donors (Lipinski definition) is 0. The number of carbonyl (C=O) groups is 4. The first-order chi connectivity index (χ1) is 20.1. The maximum atomic E-state index is 14.5. The molecule has 0 atom stereocenters. The van der Waals surface area contributed by atoms with Crippen molar-refractivity contribution in [3.8, 4) is 0 Å². The van der Waals surface area contributed by atoms with Crippen molar-refractivity contribution >= 4 is 29.1 Å². The number of anilines is 1. The number of hydrogen-bond acceptors (Lipinski definition) is 4. The van der Waals surface area contributed by atoms with Crippen molar-refractivity contribution in [3.05, 3.63) is 98.6 Å². The highest BCUT2D eigenvalue weighted by Gasteiger charge is 2.59. The summed E-state index contributed by atoms with van der Waals surface area (Å²) < 4.78 is 153. The van der Waals surface area contributed by atoms with Crippen molar-refractivity contribution in [3.63, 3.8) is 0 Å². The lowest BCUT2D eigenvalue weighted by atomic mass is 9.87. The van der Waals surface area contributed by atoms with Gasteiger partial charge in [-0.05, 0) is 29.8 Å². The monoisotopic (exact) mass is 635 g/mol. The Morgan fingerprint density at radius 3 is 1.25 bits per heavy atom. The second kappa shape index (κ2) is 9.43. The van der Waals surface area contributed by atoms with Gasteiger partial charge >= 0.3 is 18.5 Å². The molecule has 2 aliphatic rings. The van der Waals surface area contributed by atoms with Crippen LogP contribution in [0.2, 0.25) is 0 Å².